The maximum absolute atomic E-state index is 12.6. The molecule has 1 heterocycles. The van der Waals surface area contributed by atoms with Gasteiger partial charge in [-0.2, -0.15) is 0 Å². The van der Waals surface area contributed by atoms with Gasteiger partial charge in [-0.25, -0.2) is 0 Å². The molecule has 5 heteroatoms. The molecule has 0 radical (unpaired) electrons. The van der Waals surface area contributed by atoms with Crippen LogP contribution < -0.4 is 5.73 Å². The average molecular weight is 267 g/mol. The molecule has 3 atom stereocenters. The van der Waals surface area contributed by atoms with Gasteiger partial charge >= 0.3 is 0 Å². The number of carbonyl (C=O) groups is 1. The van der Waals surface area contributed by atoms with Gasteiger partial charge in [-0.3, -0.25) is 4.79 Å². The number of fused-ring (bicyclic) bond motifs is 1. The first-order valence-corrected chi connectivity index (χ1v) is 7.47. The first-order chi connectivity index (χ1) is 9.19. The smallest absolute Gasteiger partial charge is 0.233 e. The van der Waals surface area contributed by atoms with Crippen LogP contribution in [0.5, 0.6) is 0 Å². The summed E-state index contributed by atoms with van der Waals surface area (Å²) in [5, 5.41) is 11.8. The third kappa shape index (κ3) is 2.85. The Morgan fingerprint density at radius 1 is 1.37 bits per heavy atom. The number of oxime groups is 1. The molecule has 3 unspecified atom stereocenters. The van der Waals surface area contributed by atoms with E-state index in [0.717, 1.165) is 19.4 Å². The van der Waals surface area contributed by atoms with E-state index in [1.165, 1.54) is 25.7 Å². The van der Waals surface area contributed by atoms with Crippen molar-refractivity contribution in [2.75, 3.05) is 6.54 Å². The molecule has 1 aliphatic heterocycles. The Kier molecular flexibility index (Phi) is 4.66. The topological polar surface area (TPSA) is 78.9 Å². The Morgan fingerprint density at radius 3 is 2.74 bits per heavy atom. The standard InChI is InChI=1S/C14H25N3O2/c1-2-11(13(15)16-19)14(18)17-9-5-7-10-6-3-4-8-12(10)17/h10-12,19H,2-9H2,1H3,(H2,15,16). The number of nitrogens with zero attached hydrogens (tertiary/aromatic N) is 2. The largest absolute Gasteiger partial charge is 0.409 e. The van der Waals surface area contributed by atoms with Gasteiger partial charge in [0.2, 0.25) is 5.91 Å². The molecule has 19 heavy (non-hydrogen) atoms. The van der Waals surface area contributed by atoms with Crippen LogP contribution in [0.15, 0.2) is 5.16 Å². The van der Waals surface area contributed by atoms with Crippen molar-refractivity contribution in [2.45, 2.75) is 57.9 Å². The van der Waals surface area contributed by atoms with Crippen molar-refractivity contribution in [1.29, 1.82) is 0 Å². The van der Waals surface area contributed by atoms with Crippen LogP contribution in [0.3, 0.4) is 0 Å². The lowest BCUT2D eigenvalue weighted by Crippen LogP contribution is -2.53. The van der Waals surface area contributed by atoms with Crippen LogP contribution in [-0.2, 0) is 4.79 Å². The molecule has 2 aliphatic rings. The van der Waals surface area contributed by atoms with Crippen molar-refractivity contribution in [2.24, 2.45) is 22.7 Å². The minimum Gasteiger partial charge on any atom is -0.409 e. The minimum absolute atomic E-state index is 0.0467. The van der Waals surface area contributed by atoms with E-state index in [1.54, 1.807) is 0 Å². The number of amides is 1. The highest BCUT2D eigenvalue weighted by Crippen LogP contribution is 2.36. The lowest BCUT2D eigenvalue weighted by Gasteiger charge is -2.45. The molecule has 2 rings (SSSR count). The van der Waals surface area contributed by atoms with Crippen LogP contribution in [0.2, 0.25) is 0 Å². The normalized spacial score (nSPS) is 29.7. The fraction of sp³-hybridized carbons (Fsp3) is 0.857. The first kappa shape index (κ1) is 14.2. The van der Waals surface area contributed by atoms with Gasteiger partial charge in [0.25, 0.3) is 0 Å². The number of carbonyl (C=O) groups excluding carboxylic acids is 1. The Balaban J connectivity index is 2.12. The third-order valence-electron chi connectivity index (χ3n) is 4.71. The van der Waals surface area contributed by atoms with Crippen LogP contribution in [-0.4, -0.2) is 34.4 Å². The predicted molar refractivity (Wildman–Crippen MR) is 73.9 cm³/mol. The summed E-state index contributed by atoms with van der Waals surface area (Å²) >= 11 is 0. The van der Waals surface area contributed by atoms with Crippen molar-refractivity contribution < 1.29 is 10.0 Å². The number of likely N-dealkylation sites (tertiary alicyclic amines) is 1. The SMILES string of the molecule is CCC(C(=O)N1CCCC2CCCCC21)C(N)=NO. The van der Waals surface area contributed by atoms with Gasteiger partial charge < -0.3 is 15.8 Å². The highest BCUT2D eigenvalue weighted by molar-refractivity contribution is 6.02. The Bertz CT molecular complexity index is 355. The highest BCUT2D eigenvalue weighted by Gasteiger charge is 2.38. The molecule has 1 aliphatic carbocycles. The Morgan fingerprint density at radius 2 is 2.05 bits per heavy atom. The lowest BCUT2D eigenvalue weighted by atomic mass is 9.78. The molecule has 5 nitrogen and oxygen atoms in total. The molecule has 1 amide bonds. The number of hydrogen-bond donors (Lipinski definition) is 2. The monoisotopic (exact) mass is 267 g/mol. The molecule has 0 aromatic carbocycles. The fourth-order valence-corrected chi connectivity index (χ4v) is 3.68. The van der Waals surface area contributed by atoms with E-state index in [1.807, 2.05) is 11.8 Å². The van der Waals surface area contributed by atoms with E-state index in [4.69, 9.17) is 10.9 Å². The van der Waals surface area contributed by atoms with E-state index >= 15 is 0 Å². The highest BCUT2D eigenvalue weighted by atomic mass is 16.4. The van der Waals surface area contributed by atoms with Crippen molar-refractivity contribution in [3.05, 3.63) is 0 Å². The first-order valence-electron chi connectivity index (χ1n) is 7.47. The summed E-state index contributed by atoms with van der Waals surface area (Å²) in [6, 6.07) is 0.385. The quantitative estimate of drug-likeness (QED) is 0.355. The molecular formula is C14H25N3O2. The van der Waals surface area contributed by atoms with Crippen LogP contribution in [0.1, 0.15) is 51.9 Å². The van der Waals surface area contributed by atoms with Gasteiger partial charge in [0, 0.05) is 12.6 Å². The van der Waals surface area contributed by atoms with E-state index in [-0.39, 0.29) is 11.7 Å². The molecule has 0 bridgehead atoms. The van der Waals surface area contributed by atoms with E-state index < -0.39 is 5.92 Å². The van der Waals surface area contributed by atoms with Crippen LogP contribution in [0.25, 0.3) is 0 Å². The zero-order chi connectivity index (χ0) is 13.8. The number of hydrogen-bond acceptors (Lipinski definition) is 3. The second-order valence-electron chi connectivity index (χ2n) is 5.77. The molecule has 1 saturated carbocycles. The second kappa shape index (κ2) is 6.26. The summed E-state index contributed by atoms with van der Waals surface area (Å²) in [6.07, 6.45) is 7.78. The minimum atomic E-state index is -0.467. The molecule has 108 valence electrons. The second-order valence-corrected chi connectivity index (χ2v) is 5.77. The van der Waals surface area contributed by atoms with Gasteiger partial charge in [-0.05, 0) is 38.0 Å². The van der Waals surface area contributed by atoms with Gasteiger partial charge in [0.15, 0.2) is 5.84 Å². The molecule has 0 spiro atoms. The van der Waals surface area contributed by atoms with Crippen LogP contribution >= 0.6 is 0 Å². The van der Waals surface area contributed by atoms with Gasteiger partial charge in [0.05, 0.1) is 5.92 Å². The summed E-state index contributed by atoms with van der Waals surface area (Å²) in [7, 11) is 0. The van der Waals surface area contributed by atoms with Gasteiger partial charge in [-0.15, -0.1) is 0 Å². The van der Waals surface area contributed by atoms with Crippen molar-refractivity contribution >= 4 is 11.7 Å². The summed E-state index contributed by atoms with van der Waals surface area (Å²) < 4.78 is 0. The molecule has 2 fully saturated rings. The number of piperidine rings is 1. The Labute approximate surface area is 114 Å². The maximum atomic E-state index is 12.6. The van der Waals surface area contributed by atoms with Crippen molar-refractivity contribution in [1.82, 2.24) is 4.90 Å². The van der Waals surface area contributed by atoms with E-state index in [0.29, 0.717) is 18.4 Å². The molecule has 0 aromatic rings. The average Bonchev–Trinajstić information content (AvgIpc) is 2.47. The van der Waals surface area contributed by atoms with Gasteiger partial charge in [-0.1, -0.05) is 24.9 Å². The maximum Gasteiger partial charge on any atom is 0.233 e. The predicted octanol–water partition coefficient (Wildman–Crippen LogP) is 1.94. The van der Waals surface area contributed by atoms with Crippen molar-refractivity contribution in [3.63, 3.8) is 0 Å². The van der Waals surface area contributed by atoms with Crippen molar-refractivity contribution in [3.8, 4) is 0 Å². The molecule has 1 saturated heterocycles. The zero-order valence-corrected chi connectivity index (χ0v) is 11.7. The number of rotatable bonds is 3. The summed E-state index contributed by atoms with van der Waals surface area (Å²) in [5.74, 6) is 0.293. The molecular weight excluding hydrogens is 242 g/mol. The van der Waals surface area contributed by atoms with E-state index in [9.17, 15) is 4.79 Å². The summed E-state index contributed by atoms with van der Waals surface area (Å²) in [6.45, 7) is 2.73. The zero-order valence-electron chi connectivity index (χ0n) is 11.7. The van der Waals surface area contributed by atoms with Crippen LogP contribution in [0, 0.1) is 11.8 Å². The Hall–Kier alpha value is -1.26. The number of nitrogens with two attached hydrogens (primary N) is 1. The van der Waals surface area contributed by atoms with Crippen LogP contribution in [0.4, 0.5) is 0 Å². The fourth-order valence-electron chi connectivity index (χ4n) is 3.68. The van der Waals surface area contributed by atoms with E-state index in [2.05, 4.69) is 5.16 Å². The third-order valence-corrected chi connectivity index (χ3v) is 4.71. The molecule has 3 N–H and O–H groups in total. The van der Waals surface area contributed by atoms with Gasteiger partial charge in [0.1, 0.15) is 0 Å². The summed E-state index contributed by atoms with van der Waals surface area (Å²) in [5.41, 5.74) is 5.66. The number of amidine groups is 1. The lowest BCUT2D eigenvalue weighted by molar-refractivity contribution is -0.139. The summed E-state index contributed by atoms with van der Waals surface area (Å²) in [4.78, 5) is 14.7. The molecule has 0 aromatic heterocycles.